The first kappa shape index (κ1) is 8.64. The molecule has 0 radical (unpaired) electrons. The van der Waals surface area contributed by atoms with Crippen molar-refractivity contribution in [1.82, 2.24) is 0 Å². The molecule has 64 valence electrons. The third-order valence-corrected chi connectivity index (χ3v) is 1.91. The predicted octanol–water partition coefficient (Wildman–Crippen LogP) is -0.631. The number of alkyl halides is 1. The molecule has 0 saturated heterocycles. The Balaban J connectivity index is 2.77. The van der Waals surface area contributed by atoms with Crippen molar-refractivity contribution in [3.05, 3.63) is 12.2 Å². The minimum absolute atomic E-state index is 0.0434. The molecule has 0 fully saturated rings. The highest BCUT2D eigenvalue weighted by Gasteiger charge is 2.40. The van der Waals surface area contributed by atoms with Crippen LogP contribution >= 0.6 is 0 Å². The van der Waals surface area contributed by atoms with Gasteiger partial charge in [-0.25, -0.2) is 4.39 Å². The van der Waals surface area contributed by atoms with E-state index in [9.17, 15) is 9.50 Å². The molecule has 11 heavy (non-hydrogen) atoms. The van der Waals surface area contributed by atoms with Crippen LogP contribution in [0.25, 0.3) is 0 Å². The average Bonchev–Trinajstić information content (AvgIpc) is 2.00. The largest absolute Gasteiger partial charge is 0.387 e. The fraction of sp³-hybridized carbons (Fsp3) is 0.714. The second kappa shape index (κ2) is 2.89. The molecule has 1 aliphatic carbocycles. The third-order valence-electron chi connectivity index (χ3n) is 1.91. The molecule has 0 aromatic heterocycles. The van der Waals surface area contributed by atoms with Gasteiger partial charge in [0.1, 0.15) is 24.5 Å². The van der Waals surface area contributed by atoms with Crippen molar-refractivity contribution < 1.29 is 19.7 Å². The van der Waals surface area contributed by atoms with Crippen LogP contribution in [0.15, 0.2) is 12.2 Å². The highest BCUT2D eigenvalue weighted by atomic mass is 19.1. The quantitative estimate of drug-likeness (QED) is 0.450. The van der Waals surface area contributed by atoms with Gasteiger partial charge >= 0.3 is 0 Å². The molecule has 0 bridgehead atoms. The molecule has 0 amide bonds. The summed E-state index contributed by atoms with van der Waals surface area (Å²) in [5.74, 6) is 0. The molecule has 0 aromatic rings. The van der Waals surface area contributed by atoms with Crippen molar-refractivity contribution in [3.8, 4) is 0 Å². The molecule has 1 rings (SSSR count). The molecule has 3 atom stereocenters. The van der Waals surface area contributed by atoms with Gasteiger partial charge in [0, 0.05) is 0 Å². The first-order chi connectivity index (χ1) is 5.10. The van der Waals surface area contributed by atoms with Crippen molar-refractivity contribution >= 4 is 0 Å². The van der Waals surface area contributed by atoms with E-state index in [0.29, 0.717) is 0 Å². The van der Waals surface area contributed by atoms with Crippen LogP contribution in [0.5, 0.6) is 0 Å². The number of rotatable bonds is 1. The van der Waals surface area contributed by atoms with E-state index in [1.807, 2.05) is 0 Å². The normalized spacial score (nSPS) is 44.4. The molecule has 0 saturated carbocycles. The van der Waals surface area contributed by atoms with Gasteiger partial charge in [-0.3, -0.25) is 0 Å². The number of aliphatic hydroxyl groups is 3. The molecule has 3 N–H and O–H groups in total. The molecule has 0 heterocycles. The Morgan fingerprint density at radius 1 is 1.55 bits per heavy atom. The van der Waals surface area contributed by atoms with Crippen LogP contribution in [0.3, 0.4) is 0 Å². The van der Waals surface area contributed by atoms with Crippen molar-refractivity contribution in [2.75, 3.05) is 6.67 Å². The number of hydrogen-bond donors (Lipinski definition) is 3. The standard InChI is InChI=1S/C7H11FO3/c8-4-7(11)3-1-2-5(9)6(7)10/h1-2,5-6,9-11H,3-4H2. The molecule has 3 nitrogen and oxygen atoms in total. The summed E-state index contributed by atoms with van der Waals surface area (Å²) >= 11 is 0. The van der Waals surface area contributed by atoms with Gasteiger partial charge in [-0.15, -0.1) is 0 Å². The van der Waals surface area contributed by atoms with Crippen molar-refractivity contribution in [2.45, 2.75) is 24.2 Å². The zero-order valence-electron chi connectivity index (χ0n) is 5.94. The fourth-order valence-corrected chi connectivity index (χ4v) is 1.09. The fourth-order valence-electron chi connectivity index (χ4n) is 1.09. The predicted molar refractivity (Wildman–Crippen MR) is 36.7 cm³/mol. The lowest BCUT2D eigenvalue weighted by molar-refractivity contribution is -0.126. The molecular formula is C7H11FO3. The second-order valence-corrected chi connectivity index (χ2v) is 2.80. The molecule has 0 aromatic carbocycles. The first-order valence-corrected chi connectivity index (χ1v) is 3.41. The summed E-state index contributed by atoms with van der Waals surface area (Å²) in [5.41, 5.74) is -1.80. The lowest BCUT2D eigenvalue weighted by Crippen LogP contribution is -2.51. The molecule has 1 aliphatic rings. The van der Waals surface area contributed by atoms with Crippen LogP contribution in [0.4, 0.5) is 4.39 Å². The first-order valence-electron chi connectivity index (χ1n) is 3.41. The topological polar surface area (TPSA) is 60.7 Å². The van der Waals surface area contributed by atoms with Gasteiger partial charge in [-0.2, -0.15) is 0 Å². The summed E-state index contributed by atoms with van der Waals surface area (Å²) in [6.07, 6.45) is 0.259. The molecular weight excluding hydrogens is 151 g/mol. The lowest BCUT2D eigenvalue weighted by atomic mass is 9.86. The van der Waals surface area contributed by atoms with E-state index < -0.39 is 24.5 Å². The van der Waals surface area contributed by atoms with Gasteiger partial charge in [0.2, 0.25) is 0 Å². The maximum absolute atomic E-state index is 12.1. The number of aliphatic hydroxyl groups excluding tert-OH is 2. The Kier molecular flexibility index (Phi) is 2.27. The van der Waals surface area contributed by atoms with Gasteiger partial charge in [-0.1, -0.05) is 12.2 Å². The van der Waals surface area contributed by atoms with Crippen LogP contribution < -0.4 is 0 Å². The number of halogens is 1. The number of hydrogen-bond acceptors (Lipinski definition) is 3. The average molecular weight is 162 g/mol. The summed E-state index contributed by atoms with van der Waals surface area (Å²) in [5, 5.41) is 27.4. The maximum Gasteiger partial charge on any atom is 0.125 e. The summed E-state index contributed by atoms with van der Waals surface area (Å²) in [4.78, 5) is 0. The SMILES string of the molecule is OC1C=CCC(O)(CF)C1O. The van der Waals surface area contributed by atoms with Crippen LogP contribution in [-0.2, 0) is 0 Å². The minimum Gasteiger partial charge on any atom is -0.387 e. The van der Waals surface area contributed by atoms with E-state index in [-0.39, 0.29) is 6.42 Å². The van der Waals surface area contributed by atoms with Gasteiger partial charge < -0.3 is 15.3 Å². The van der Waals surface area contributed by atoms with Crippen molar-refractivity contribution in [1.29, 1.82) is 0 Å². The minimum atomic E-state index is -1.80. The Morgan fingerprint density at radius 2 is 2.18 bits per heavy atom. The molecule has 0 spiro atoms. The summed E-state index contributed by atoms with van der Waals surface area (Å²) in [6.45, 7) is -1.05. The van der Waals surface area contributed by atoms with Gasteiger partial charge in [0.25, 0.3) is 0 Å². The van der Waals surface area contributed by atoms with Gasteiger partial charge in [0.05, 0.1) is 0 Å². The van der Waals surface area contributed by atoms with E-state index >= 15 is 0 Å². The highest BCUT2D eigenvalue weighted by molar-refractivity contribution is 5.09. The molecule has 0 aliphatic heterocycles. The zero-order valence-corrected chi connectivity index (χ0v) is 5.94. The van der Waals surface area contributed by atoms with Crippen molar-refractivity contribution in [2.24, 2.45) is 0 Å². The zero-order chi connectivity index (χ0) is 8.48. The maximum atomic E-state index is 12.1. The summed E-state index contributed by atoms with van der Waals surface area (Å²) in [7, 11) is 0. The van der Waals surface area contributed by atoms with Crippen LogP contribution in [-0.4, -0.2) is 39.8 Å². The lowest BCUT2D eigenvalue weighted by Gasteiger charge is -2.34. The monoisotopic (exact) mass is 162 g/mol. The van der Waals surface area contributed by atoms with E-state index in [4.69, 9.17) is 10.2 Å². The Morgan fingerprint density at radius 3 is 2.64 bits per heavy atom. The third kappa shape index (κ3) is 1.42. The summed E-state index contributed by atoms with van der Waals surface area (Å²) < 4.78 is 12.1. The van der Waals surface area contributed by atoms with Gasteiger partial charge in [0.15, 0.2) is 0 Å². The van der Waals surface area contributed by atoms with Crippen LogP contribution in [0, 0.1) is 0 Å². The Bertz CT molecular complexity index is 171. The Labute approximate surface area is 63.8 Å². The van der Waals surface area contributed by atoms with E-state index in [1.165, 1.54) is 12.2 Å². The molecule has 3 unspecified atom stereocenters. The smallest absolute Gasteiger partial charge is 0.125 e. The molecule has 4 heteroatoms. The highest BCUT2D eigenvalue weighted by Crippen LogP contribution is 2.24. The second-order valence-electron chi connectivity index (χ2n) is 2.80. The van der Waals surface area contributed by atoms with E-state index in [1.54, 1.807) is 0 Å². The Hall–Kier alpha value is -0.450. The van der Waals surface area contributed by atoms with E-state index in [0.717, 1.165) is 0 Å². The van der Waals surface area contributed by atoms with Crippen LogP contribution in [0.1, 0.15) is 6.42 Å². The van der Waals surface area contributed by atoms with Crippen molar-refractivity contribution in [3.63, 3.8) is 0 Å². The summed E-state index contributed by atoms with van der Waals surface area (Å²) in [6, 6.07) is 0. The van der Waals surface area contributed by atoms with E-state index in [2.05, 4.69) is 0 Å². The van der Waals surface area contributed by atoms with Crippen LogP contribution in [0.2, 0.25) is 0 Å². The van der Waals surface area contributed by atoms with Gasteiger partial charge in [-0.05, 0) is 6.42 Å².